The fourth-order valence-electron chi connectivity index (χ4n) is 3.27. The zero-order valence-corrected chi connectivity index (χ0v) is 19.5. The highest BCUT2D eigenvalue weighted by molar-refractivity contribution is 6.33. The van der Waals surface area contributed by atoms with Crippen LogP contribution in [-0.2, 0) is 16.1 Å². The number of carbonyl (C=O) groups excluding carboxylic acids is 2. The first kappa shape index (κ1) is 24.3. The topological polar surface area (TPSA) is 94.8 Å². The van der Waals surface area contributed by atoms with Crippen LogP contribution in [-0.4, -0.2) is 18.1 Å². The molecule has 0 saturated carbocycles. The molecule has 3 aromatic rings. The van der Waals surface area contributed by atoms with Crippen LogP contribution in [0.5, 0.6) is 5.75 Å². The lowest BCUT2D eigenvalue weighted by molar-refractivity contribution is -0.136. The second-order valence-corrected chi connectivity index (χ2v) is 8.15. The van der Waals surface area contributed by atoms with Crippen LogP contribution in [0.25, 0.3) is 11.0 Å². The number of ether oxygens (including phenoxy) is 2. The summed E-state index contributed by atoms with van der Waals surface area (Å²) < 4.78 is 16.0. The maximum Gasteiger partial charge on any atom is 0.408 e. The molecule has 0 aliphatic rings. The van der Waals surface area contributed by atoms with E-state index in [9.17, 15) is 14.4 Å². The third-order valence-electron chi connectivity index (χ3n) is 5.36. The van der Waals surface area contributed by atoms with Crippen LogP contribution in [0, 0.1) is 13.8 Å². The molecule has 0 saturated heterocycles. The number of nitrogens with one attached hydrogen (secondary N) is 1. The number of fused-ring (bicyclic) bond motifs is 1. The van der Waals surface area contributed by atoms with Gasteiger partial charge in [0.25, 0.3) is 0 Å². The zero-order chi connectivity index (χ0) is 24.0. The summed E-state index contributed by atoms with van der Waals surface area (Å²) in [5.41, 5.74) is 1.85. The molecule has 0 radical (unpaired) electrons. The van der Waals surface area contributed by atoms with Crippen LogP contribution in [0.2, 0.25) is 5.02 Å². The minimum atomic E-state index is -0.924. The first-order valence-corrected chi connectivity index (χ1v) is 11.1. The van der Waals surface area contributed by atoms with Gasteiger partial charge in [0.2, 0.25) is 0 Å². The Bertz CT molecular complexity index is 1200. The number of halogens is 1. The van der Waals surface area contributed by atoms with Crippen LogP contribution in [0.3, 0.4) is 0 Å². The molecule has 174 valence electrons. The highest BCUT2D eigenvalue weighted by Gasteiger charge is 2.24. The number of amides is 1. The monoisotopic (exact) mass is 471 g/mol. The highest BCUT2D eigenvalue weighted by Crippen LogP contribution is 2.32. The van der Waals surface area contributed by atoms with Crippen molar-refractivity contribution in [3.63, 3.8) is 0 Å². The summed E-state index contributed by atoms with van der Waals surface area (Å²) >= 11 is 6.33. The van der Waals surface area contributed by atoms with Crippen molar-refractivity contribution in [1.82, 2.24) is 5.32 Å². The molecule has 0 bridgehead atoms. The Balaban J connectivity index is 1.74. The van der Waals surface area contributed by atoms with Gasteiger partial charge < -0.3 is 19.2 Å². The van der Waals surface area contributed by atoms with Gasteiger partial charge in [-0.3, -0.25) is 0 Å². The molecule has 0 aliphatic heterocycles. The summed E-state index contributed by atoms with van der Waals surface area (Å²) in [6.45, 7) is 5.52. The van der Waals surface area contributed by atoms with Crippen molar-refractivity contribution >= 4 is 34.6 Å². The molecule has 3 rings (SSSR count). The lowest BCUT2D eigenvalue weighted by Gasteiger charge is -2.18. The molecule has 33 heavy (non-hydrogen) atoms. The van der Waals surface area contributed by atoms with E-state index in [4.69, 9.17) is 25.5 Å². The summed E-state index contributed by atoms with van der Waals surface area (Å²) in [6.07, 6.45) is 1.16. The second-order valence-electron chi connectivity index (χ2n) is 7.74. The Kier molecular flexibility index (Phi) is 8.11. The van der Waals surface area contributed by atoms with E-state index in [0.717, 1.165) is 17.5 Å². The number of hydrogen-bond acceptors (Lipinski definition) is 6. The van der Waals surface area contributed by atoms with Crippen molar-refractivity contribution in [2.75, 3.05) is 0 Å². The maximum atomic E-state index is 12.9. The number of alkyl carbamates (subject to hydrolysis) is 1. The van der Waals surface area contributed by atoms with Crippen LogP contribution in [0.1, 0.15) is 42.9 Å². The predicted molar refractivity (Wildman–Crippen MR) is 126 cm³/mol. The summed E-state index contributed by atoms with van der Waals surface area (Å²) in [5, 5.41) is 3.41. The number of benzene rings is 2. The predicted octanol–water partition coefficient (Wildman–Crippen LogP) is 5.45. The van der Waals surface area contributed by atoms with E-state index >= 15 is 0 Å². The first-order chi connectivity index (χ1) is 15.8. The lowest BCUT2D eigenvalue weighted by Crippen LogP contribution is -2.43. The number of rotatable bonds is 8. The van der Waals surface area contributed by atoms with E-state index < -0.39 is 23.7 Å². The van der Waals surface area contributed by atoms with Gasteiger partial charge >= 0.3 is 17.7 Å². The van der Waals surface area contributed by atoms with Crippen molar-refractivity contribution < 1.29 is 23.5 Å². The fourth-order valence-corrected chi connectivity index (χ4v) is 3.47. The number of esters is 1. The van der Waals surface area contributed by atoms with E-state index in [2.05, 4.69) is 5.32 Å². The Morgan fingerprint density at radius 1 is 1.12 bits per heavy atom. The molecule has 1 heterocycles. The molecule has 1 amide bonds. The molecule has 1 atom stereocenters. The summed E-state index contributed by atoms with van der Waals surface area (Å²) in [6, 6.07) is 11.3. The van der Waals surface area contributed by atoms with Crippen LogP contribution >= 0.6 is 11.6 Å². The number of carbonyl (C=O) groups is 2. The van der Waals surface area contributed by atoms with Crippen molar-refractivity contribution in [3.8, 4) is 5.75 Å². The van der Waals surface area contributed by atoms with Gasteiger partial charge in [-0.15, -0.1) is 0 Å². The largest absolute Gasteiger partial charge is 0.445 e. The van der Waals surface area contributed by atoms with Gasteiger partial charge in [0.05, 0.1) is 5.02 Å². The summed E-state index contributed by atoms with van der Waals surface area (Å²) in [4.78, 5) is 37.2. The van der Waals surface area contributed by atoms with Crippen LogP contribution in [0.4, 0.5) is 4.79 Å². The minimum Gasteiger partial charge on any atom is -0.445 e. The smallest absolute Gasteiger partial charge is 0.408 e. The van der Waals surface area contributed by atoms with Crippen LogP contribution < -0.4 is 15.7 Å². The molecular weight excluding hydrogens is 446 g/mol. The molecule has 7 nitrogen and oxygen atoms in total. The van der Waals surface area contributed by atoms with Crippen molar-refractivity contribution in [2.45, 2.75) is 52.7 Å². The average molecular weight is 472 g/mol. The van der Waals surface area contributed by atoms with E-state index in [0.29, 0.717) is 23.8 Å². The van der Waals surface area contributed by atoms with E-state index in [1.54, 1.807) is 19.9 Å². The Labute approximate surface area is 196 Å². The fraction of sp³-hybridized carbons (Fsp3) is 0.320. The minimum absolute atomic E-state index is 0.0431. The number of hydrogen-bond donors (Lipinski definition) is 1. The van der Waals surface area contributed by atoms with Crippen molar-refractivity contribution in [2.24, 2.45) is 0 Å². The maximum absolute atomic E-state index is 12.9. The summed E-state index contributed by atoms with van der Waals surface area (Å²) in [5.74, 6) is -0.644. The highest BCUT2D eigenvalue weighted by atomic mass is 35.5. The normalized spacial score (nSPS) is 11.8. The quantitative estimate of drug-likeness (QED) is 0.266. The first-order valence-electron chi connectivity index (χ1n) is 10.7. The molecule has 0 spiro atoms. The van der Waals surface area contributed by atoms with Crippen LogP contribution in [0.15, 0.2) is 51.7 Å². The van der Waals surface area contributed by atoms with Gasteiger partial charge in [-0.05, 0) is 37.5 Å². The van der Waals surface area contributed by atoms with Crippen molar-refractivity contribution in [3.05, 3.63) is 74.6 Å². The second kappa shape index (κ2) is 11.0. The SMILES string of the molecule is CCCC[C@@H](NC(=O)OCc1ccccc1)C(=O)Oc1cc2oc(=O)c(C)c(C)c2cc1Cl. The van der Waals surface area contributed by atoms with Gasteiger partial charge in [0, 0.05) is 17.0 Å². The number of unbranched alkanes of at least 4 members (excludes halogenated alkanes) is 1. The van der Waals surface area contributed by atoms with E-state index in [1.165, 1.54) is 6.07 Å². The molecular formula is C25H26ClNO6. The molecule has 0 fully saturated rings. The molecule has 1 aromatic heterocycles. The standard InChI is InChI=1S/C25H26ClNO6/c1-4-5-11-20(27-25(30)31-14-17-9-7-6-8-10-17)24(29)33-22-13-21-18(12-19(22)26)15(2)16(3)23(28)32-21/h6-10,12-13,20H,4-5,11,14H2,1-3H3,(H,27,30)/t20-/m1/s1. The molecule has 0 unspecified atom stereocenters. The average Bonchev–Trinajstić information content (AvgIpc) is 2.81. The number of aryl methyl sites for hydroxylation is 1. The van der Waals surface area contributed by atoms with Gasteiger partial charge in [0.1, 0.15) is 18.2 Å². The molecule has 8 heteroatoms. The third kappa shape index (κ3) is 6.14. The van der Waals surface area contributed by atoms with Crippen molar-refractivity contribution in [1.29, 1.82) is 0 Å². The third-order valence-corrected chi connectivity index (χ3v) is 5.65. The van der Waals surface area contributed by atoms with Gasteiger partial charge in [0.15, 0.2) is 5.75 Å². The summed E-state index contributed by atoms with van der Waals surface area (Å²) in [7, 11) is 0. The molecule has 0 aliphatic carbocycles. The molecule has 2 aromatic carbocycles. The Morgan fingerprint density at radius 3 is 2.55 bits per heavy atom. The van der Waals surface area contributed by atoms with Gasteiger partial charge in [-0.1, -0.05) is 61.7 Å². The Hall–Kier alpha value is -3.32. The van der Waals surface area contributed by atoms with Gasteiger partial charge in [-0.25, -0.2) is 14.4 Å². The molecule has 1 N–H and O–H groups in total. The van der Waals surface area contributed by atoms with Gasteiger partial charge in [-0.2, -0.15) is 0 Å². The van der Waals surface area contributed by atoms with E-state index in [1.807, 2.05) is 37.3 Å². The zero-order valence-electron chi connectivity index (χ0n) is 18.8. The van der Waals surface area contributed by atoms with E-state index in [-0.39, 0.29) is 23.0 Å². The lowest BCUT2D eigenvalue weighted by atomic mass is 10.1. The Morgan fingerprint density at radius 2 is 1.85 bits per heavy atom.